The van der Waals surface area contributed by atoms with Gasteiger partial charge in [-0.15, -0.1) is 5.11 Å². The summed E-state index contributed by atoms with van der Waals surface area (Å²) < 4.78 is 14.7. The number of hydrogen-bond acceptors (Lipinski definition) is 7. The van der Waals surface area contributed by atoms with E-state index in [4.69, 9.17) is 14.2 Å². The number of azo groups is 1. The third-order valence-corrected chi connectivity index (χ3v) is 4.38. The Balaban J connectivity index is 2.00. The number of nitrogens with zero attached hydrogens (tertiary/aromatic N) is 2. The van der Waals surface area contributed by atoms with Gasteiger partial charge in [0.15, 0.2) is 0 Å². The van der Waals surface area contributed by atoms with Crippen molar-refractivity contribution in [3.63, 3.8) is 0 Å². The van der Waals surface area contributed by atoms with Crippen LogP contribution < -0.4 is 4.74 Å². The first-order valence-electron chi connectivity index (χ1n) is 9.02. The highest BCUT2D eigenvalue weighted by Crippen LogP contribution is 2.33. The van der Waals surface area contributed by atoms with Crippen LogP contribution in [0.15, 0.2) is 77.0 Å². The van der Waals surface area contributed by atoms with Crippen LogP contribution in [0.4, 0.5) is 11.4 Å². The van der Waals surface area contributed by atoms with E-state index in [0.29, 0.717) is 28.3 Å². The molecule has 0 spiro atoms. The molecule has 0 saturated carbocycles. The topological polar surface area (TPSA) is 86.6 Å². The Kier molecular flexibility index (Phi) is 6.54. The highest BCUT2D eigenvalue weighted by atomic mass is 16.5. The number of hydrogen-bond donors (Lipinski definition) is 0. The van der Waals surface area contributed by atoms with Gasteiger partial charge in [-0.1, -0.05) is 18.2 Å². The third-order valence-electron chi connectivity index (χ3n) is 4.38. The second kappa shape index (κ2) is 9.47. The second-order valence-corrected chi connectivity index (χ2v) is 6.19. The monoisotopic (exact) mass is 404 g/mol. The summed E-state index contributed by atoms with van der Waals surface area (Å²) in [7, 11) is 4.24. The average molecular weight is 404 g/mol. The number of carbonyl (C=O) groups excluding carboxylic acids is 2. The van der Waals surface area contributed by atoms with E-state index < -0.39 is 11.9 Å². The van der Waals surface area contributed by atoms with Gasteiger partial charge in [0.25, 0.3) is 0 Å². The molecule has 0 N–H and O–H groups in total. The number of ether oxygens (including phenoxy) is 3. The molecule has 0 amide bonds. The summed E-state index contributed by atoms with van der Waals surface area (Å²) in [6.45, 7) is 0. The van der Waals surface area contributed by atoms with Crippen molar-refractivity contribution in [2.75, 3.05) is 21.3 Å². The fourth-order valence-corrected chi connectivity index (χ4v) is 2.77. The molecule has 3 aromatic rings. The maximum absolute atomic E-state index is 12.0. The van der Waals surface area contributed by atoms with Crippen LogP contribution in [-0.2, 0) is 9.47 Å². The van der Waals surface area contributed by atoms with Gasteiger partial charge in [0.05, 0.1) is 43.8 Å². The Morgan fingerprint density at radius 1 is 0.700 bits per heavy atom. The maximum atomic E-state index is 12.0. The van der Waals surface area contributed by atoms with Gasteiger partial charge < -0.3 is 14.2 Å². The maximum Gasteiger partial charge on any atom is 0.337 e. The number of benzene rings is 3. The molecule has 0 fully saturated rings. The van der Waals surface area contributed by atoms with E-state index in [9.17, 15) is 9.59 Å². The Morgan fingerprint density at radius 2 is 1.30 bits per heavy atom. The van der Waals surface area contributed by atoms with Crippen LogP contribution in [0, 0.1) is 0 Å². The van der Waals surface area contributed by atoms with Crippen LogP contribution in [0.25, 0.3) is 11.1 Å². The van der Waals surface area contributed by atoms with E-state index in [0.717, 1.165) is 11.1 Å². The molecule has 0 aliphatic rings. The zero-order valence-electron chi connectivity index (χ0n) is 16.8. The lowest BCUT2D eigenvalue weighted by Crippen LogP contribution is -2.01. The molecule has 0 saturated heterocycles. The lowest BCUT2D eigenvalue weighted by atomic mass is 10.0. The second-order valence-electron chi connectivity index (χ2n) is 6.19. The molecule has 3 rings (SSSR count). The fourth-order valence-electron chi connectivity index (χ4n) is 2.77. The zero-order valence-corrected chi connectivity index (χ0v) is 16.8. The van der Waals surface area contributed by atoms with E-state index in [-0.39, 0.29) is 0 Å². The van der Waals surface area contributed by atoms with Crippen molar-refractivity contribution >= 4 is 23.3 Å². The first kappa shape index (κ1) is 20.7. The van der Waals surface area contributed by atoms with E-state index in [1.807, 2.05) is 0 Å². The highest BCUT2D eigenvalue weighted by molar-refractivity contribution is 5.93. The average Bonchev–Trinajstić information content (AvgIpc) is 2.82. The molecule has 30 heavy (non-hydrogen) atoms. The standard InChI is InChI=1S/C23H20N2O5/c1-28-19-11-9-18(10-12-19)24-25-21-14-17(23(27)30-3)8-13-20(21)15-4-6-16(7-5-15)22(26)29-2/h4-14H,1-3H3. The molecular weight excluding hydrogens is 384 g/mol. The molecule has 0 heterocycles. The summed E-state index contributed by atoms with van der Waals surface area (Å²) in [6.07, 6.45) is 0. The summed E-state index contributed by atoms with van der Waals surface area (Å²) in [4.78, 5) is 23.6. The van der Waals surface area contributed by atoms with Gasteiger partial charge in [-0.25, -0.2) is 9.59 Å². The molecule has 7 heteroatoms. The van der Waals surface area contributed by atoms with Crippen molar-refractivity contribution in [1.29, 1.82) is 0 Å². The molecule has 0 atom stereocenters. The molecule has 0 bridgehead atoms. The smallest absolute Gasteiger partial charge is 0.337 e. The summed E-state index contributed by atoms with van der Waals surface area (Å²) in [5.74, 6) is -0.168. The van der Waals surface area contributed by atoms with Crippen molar-refractivity contribution in [1.82, 2.24) is 0 Å². The van der Waals surface area contributed by atoms with Gasteiger partial charge >= 0.3 is 11.9 Å². The molecular formula is C23H20N2O5. The fraction of sp³-hybridized carbons (Fsp3) is 0.130. The molecule has 3 aromatic carbocycles. The summed E-state index contributed by atoms with van der Waals surface area (Å²) >= 11 is 0. The van der Waals surface area contributed by atoms with Gasteiger partial charge in [-0.3, -0.25) is 0 Å². The Bertz CT molecular complexity index is 1070. The number of esters is 2. The van der Waals surface area contributed by atoms with Crippen LogP contribution >= 0.6 is 0 Å². The molecule has 0 aromatic heterocycles. The molecule has 0 aliphatic heterocycles. The summed E-state index contributed by atoms with van der Waals surface area (Å²) in [5.41, 5.74) is 3.47. The minimum Gasteiger partial charge on any atom is -0.497 e. The number of rotatable bonds is 6. The van der Waals surface area contributed by atoms with Gasteiger partial charge in [-0.05, 0) is 54.1 Å². The van der Waals surface area contributed by atoms with Gasteiger partial charge in [0.2, 0.25) is 0 Å². The van der Waals surface area contributed by atoms with Crippen molar-refractivity contribution in [2.45, 2.75) is 0 Å². The minimum atomic E-state index is -0.469. The van der Waals surface area contributed by atoms with E-state index in [2.05, 4.69) is 10.2 Å². The predicted octanol–water partition coefficient (Wildman–Crippen LogP) is 5.35. The van der Waals surface area contributed by atoms with Crippen LogP contribution in [0.3, 0.4) is 0 Å². The van der Waals surface area contributed by atoms with Crippen molar-refractivity contribution in [3.05, 3.63) is 77.9 Å². The molecule has 0 aliphatic carbocycles. The molecule has 0 unspecified atom stereocenters. The Hall–Kier alpha value is -4.00. The normalized spacial score (nSPS) is 10.6. The van der Waals surface area contributed by atoms with E-state index in [1.165, 1.54) is 14.2 Å². The first-order chi connectivity index (χ1) is 14.5. The van der Waals surface area contributed by atoms with Crippen molar-refractivity contribution < 1.29 is 23.8 Å². The SMILES string of the molecule is COC(=O)c1ccc(-c2ccc(C(=O)OC)cc2N=Nc2ccc(OC)cc2)cc1. The summed E-state index contributed by atoms with van der Waals surface area (Å²) in [5, 5.41) is 8.61. The van der Waals surface area contributed by atoms with Gasteiger partial charge in [0.1, 0.15) is 5.75 Å². The number of carbonyl (C=O) groups is 2. The van der Waals surface area contributed by atoms with E-state index in [1.54, 1.807) is 73.8 Å². The summed E-state index contributed by atoms with van der Waals surface area (Å²) in [6, 6.07) is 19.1. The molecule has 0 radical (unpaired) electrons. The highest BCUT2D eigenvalue weighted by Gasteiger charge is 2.12. The largest absolute Gasteiger partial charge is 0.497 e. The van der Waals surface area contributed by atoms with E-state index >= 15 is 0 Å². The lowest BCUT2D eigenvalue weighted by Gasteiger charge is -2.08. The zero-order chi connectivity index (χ0) is 21.5. The predicted molar refractivity (Wildman–Crippen MR) is 112 cm³/mol. The van der Waals surface area contributed by atoms with Gasteiger partial charge in [0, 0.05) is 5.56 Å². The van der Waals surface area contributed by atoms with Crippen LogP contribution in [0.1, 0.15) is 20.7 Å². The number of methoxy groups -OCH3 is 3. The first-order valence-corrected chi connectivity index (χ1v) is 9.02. The van der Waals surface area contributed by atoms with Crippen LogP contribution in [0.5, 0.6) is 5.75 Å². The van der Waals surface area contributed by atoms with Crippen LogP contribution in [0.2, 0.25) is 0 Å². The Labute approximate surface area is 173 Å². The molecule has 152 valence electrons. The Morgan fingerprint density at radius 3 is 1.90 bits per heavy atom. The third kappa shape index (κ3) is 4.70. The van der Waals surface area contributed by atoms with Crippen molar-refractivity contribution in [3.8, 4) is 16.9 Å². The minimum absolute atomic E-state index is 0.358. The lowest BCUT2D eigenvalue weighted by molar-refractivity contribution is 0.0592. The van der Waals surface area contributed by atoms with Crippen molar-refractivity contribution in [2.24, 2.45) is 10.2 Å². The molecule has 7 nitrogen and oxygen atoms in total. The van der Waals surface area contributed by atoms with Crippen LogP contribution in [-0.4, -0.2) is 33.3 Å². The van der Waals surface area contributed by atoms with Gasteiger partial charge in [-0.2, -0.15) is 5.11 Å². The quantitative estimate of drug-likeness (QED) is 0.408.